The van der Waals surface area contributed by atoms with Gasteiger partial charge in [0.05, 0.1) is 16.8 Å². The Morgan fingerprint density at radius 1 is 1.60 bits per heavy atom. The summed E-state index contributed by atoms with van der Waals surface area (Å²) in [6.45, 7) is 3.23. The predicted molar refractivity (Wildman–Crippen MR) is 82.9 cm³/mol. The number of nitrogens with one attached hydrogen (secondary N) is 1. The van der Waals surface area contributed by atoms with Crippen molar-refractivity contribution < 1.29 is 5.11 Å². The van der Waals surface area contributed by atoms with Crippen molar-refractivity contribution in [2.45, 2.75) is 51.7 Å². The number of rotatable bonds is 7. The third-order valence-electron chi connectivity index (χ3n) is 3.90. The average molecular weight is 344 g/mol. The molecule has 1 aromatic rings. The monoisotopic (exact) mass is 343 g/mol. The van der Waals surface area contributed by atoms with Gasteiger partial charge in [0.1, 0.15) is 5.69 Å². The number of anilines is 1. The van der Waals surface area contributed by atoms with Gasteiger partial charge in [-0.25, -0.2) is 4.68 Å². The number of hydrogen-bond donors (Lipinski definition) is 2. The van der Waals surface area contributed by atoms with Gasteiger partial charge in [-0.3, -0.25) is 4.79 Å². The van der Waals surface area contributed by atoms with Crippen LogP contribution in [0.15, 0.2) is 15.5 Å². The van der Waals surface area contributed by atoms with Gasteiger partial charge in [-0.05, 0) is 47.5 Å². The van der Waals surface area contributed by atoms with Crippen molar-refractivity contribution in [1.82, 2.24) is 9.78 Å². The van der Waals surface area contributed by atoms with Crippen LogP contribution in [0.5, 0.6) is 0 Å². The Balaban J connectivity index is 2.02. The van der Waals surface area contributed by atoms with E-state index in [1.54, 1.807) is 10.9 Å². The minimum atomic E-state index is -0.319. The van der Waals surface area contributed by atoms with Crippen LogP contribution in [0.3, 0.4) is 0 Å². The molecule has 1 aliphatic rings. The molecule has 0 amide bonds. The van der Waals surface area contributed by atoms with Gasteiger partial charge < -0.3 is 10.4 Å². The minimum Gasteiger partial charge on any atom is -0.393 e. The second-order valence-corrected chi connectivity index (χ2v) is 6.28. The van der Waals surface area contributed by atoms with Crippen LogP contribution in [0, 0.1) is 5.92 Å². The molecule has 0 aromatic carbocycles. The SMILES string of the molecule is CCC(O)CCNc1c(Br)cnn(CC2CCC2)c1=O. The fourth-order valence-electron chi connectivity index (χ4n) is 2.25. The summed E-state index contributed by atoms with van der Waals surface area (Å²) in [5.74, 6) is 0.594. The van der Waals surface area contributed by atoms with Gasteiger partial charge in [-0.2, -0.15) is 5.10 Å². The van der Waals surface area contributed by atoms with E-state index in [-0.39, 0.29) is 11.7 Å². The van der Waals surface area contributed by atoms with E-state index in [1.165, 1.54) is 19.3 Å². The molecule has 2 rings (SSSR count). The van der Waals surface area contributed by atoms with Crippen molar-refractivity contribution >= 4 is 21.6 Å². The van der Waals surface area contributed by atoms with E-state index in [9.17, 15) is 9.90 Å². The van der Waals surface area contributed by atoms with E-state index in [0.29, 0.717) is 35.6 Å². The first-order valence-electron chi connectivity index (χ1n) is 7.29. The first-order chi connectivity index (χ1) is 9.61. The predicted octanol–water partition coefficient (Wildman–Crippen LogP) is 2.38. The van der Waals surface area contributed by atoms with E-state index in [0.717, 1.165) is 6.42 Å². The highest BCUT2D eigenvalue weighted by atomic mass is 79.9. The van der Waals surface area contributed by atoms with E-state index in [4.69, 9.17) is 0 Å². The molecule has 112 valence electrons. The summed E-state index contributed by atoms with van der Waals surface area (Å²) in [7, 11) is 0. The Kier molecular flexibility index (Phi) is 5.60. The summed E-state index contributed by atoms with van der Waals surface area (Å²) in [6.07, 6.45) is 6.35. The lowest BCUT2D eigenvalue weighted by Gasteiger charge is -2.25. The molecule has 1 saturated carbocycles. The largest absolute Gasteiger partial charge is 0.393 e. The van der Waals surface area contributed by atoms with Crippen molar-refractivity contribution in [2.75, 3.05) is 11.9 Å². The summed E-state index contributed by atoms with van der Waals surface area (Å²) in [5.41, 5.74) is 0.458. The highest BCUT2D eigenvalue weighted by molar-refractivity contribution is 9.10. The van der Waals surface area contributed by atoms with E-state index in [2.05, 4.69) is 26.3 Å². The second kappa shape index (κ2) is 7.22. The second-order valence-electron chi connectivity index (χ2n) is 5.43. The lowest BCUT2D eigenvalue weighted by Crippen LogP contribution is -2.31. The normalized spacial score (nSPS) is 16.8. The molecule has 5 nitrogen and oxygen atoms in total. The van der Waals surface area contributed by atoms with Gasteiger partial charge in [-0.1, -0.05) is 13.3 Å². The molecule has 1 heterocycles. The summed E-state index contributed by atoms with van der Waals surface area (Å²) in [4.78, 5) is 12.4. The molecule has 20 heavy (non-hydrogen) atoms. The van der Waals surface area contributed by atoms with Gasteiger partial charge >= 0.3 is 0 Å². The number of aliphatic hydroxyl groups excluding tert-OH is 1. The third-order valence-corrected chi connectivity index (χ3v) is 4.51. The molecule has 2 N–H and O–H groups in total. The van der Waals surface area contributed by atoms with Crippen molar-refractivity contribution in [2.24, 2.45) is 5.92 Å². The van der Waals surface area contributed by atoms with Gasteiger partial charge in [0.2, 0.25) is 0 Å². The summed E-state index contributed by atoms with van der Waals surface area (Å²) in [5, 5.41) is 16.8. The van der Waals surface area contributed by atoms with Crippen LogP contribution in [0.25, 0.3) is 0 Å². The minimum absolute atomic E-state index is 0.0859. The molecule has 0 aliphatic heterocycles. The molecule has 1 fully saturated rings. The smallest absolute Gasteiger partial charge is 0.291 e. The number of aliphatic hydroxyl groups is 1. The molecular formula is C14H22BrN3O2. The van der Waals surface area contributed by atoms with Crippen LogP contribution >= 0.6 is 15.9 Å². The number of nitrogens with zero attached hydrogens (tertiary/aromatic N) is 2. The average Bonchev–Trinajstić information content (AvgIpc) is 2.39. The number of halogens is 1. The Labute approximate surface area is 127 Å². The van der Waals surface area contributed by atoms with Gasteiger partial charge in [-0.15, -0.1) is 0 Å². The van der Waals surface area contributed by atoms with E-state index < -0.39 is 0 Å². The molecule has 0 radical (unpaired) electrons. The molecule has 1 aromatic heterocycles. The van der Waals surface area contributed by atoms with E-state index in [1.807, 2.05) is 6.92 Å². The van der Waals surface area contributed by atoms with Crippen molar-refractivity contribution in [3.8, 4) is 0 Å². The molecule has 6 heteroatoms. The molecule has 0 bridgehead atoms. The van der Waals surface area contributed by atoms with Crippen molar-refractivity contribution in [1.29, 1.82) is 0 Å². The quantitative estimate of drug-likeness (QED) is 0.797. The molecule has 1 aliphatic carbocycles. The lowest BCUT2D eigenvalue weighted by atomic mass is 9.85. The fourth-order valence-corrected chi connectivity index (χ4v) is 2.65. The Morgan fingerprint density at radius 3 is 2.95 bits per heavy atom. The highest BCUT2D eigenvalue weighted by Gasteiger charge is 2.20. The van der Waals surface area contributed by atoms with Gasteiger partial charge in [0.15, 0.2) is 0 Å². The zero-order chi connectivity index (χ0) is 14.5. The topological polar surface area (TPSA) is 67.2 Å². The molecule has 0 saturated heterocycles. The van der Waals surface area contributed by atoms with Crippen LogP contribution in [0.4, 0.5) is 5.69 Å². The molecule has 1 atom stereocenters. The van der Waals surface area contributed by atoms with Crippen LogP contribution in [0.2, 0.25) is 0 Å². The van der Waals surface area contributed by atoms with Crippen LogP contribution in [0.1, 0.15) is 39.0 Å². The summed E-state index contributed by atoms with van der Waals surface area (Å²) < 4.78 is 2.23. The fraction of sp³-hybridized carbons (Fsp3) is 0.714. The summed E-state index contributed by atoms with van der Waals surface area (Å²) in [6, 6.07) is 0. The number of hydrogen-bond acceptors (Lipinski definition) is 4. The maximum atomic E-state index is 12.4. The third kappa shape index (κ3) is 3.82. The first kappa shape index (κ1) is 15.5. The standard InChI is InChI=1S/C14H22BrN3O2/c1-2-11(19)6-7-16-13-12(15)8-17-18(14(13)20)9-10-4-3-5-10/h8,10-11,16,19H,2-7,9H2,1H3. The Morgan fingerprint density at radius 2 is 2.35 bits per heavy atom. The molecule has 1 unspecified atom stereocenters. The van der Waals surface area contributed by atoms with Gasteiger partial charge in [0.25, 0.3) is 5.56 Å². The van der Waals surface area contributed by atoms with Crippen LogP contribution < -0.4 is 10.9 Å². The van der Waals surface area contributed by atoms with E-state index >= 15 is 0 Å². The number of aromatic nitrogens is 2. The maximum Gasteiger partial charge on any atom is 0.291 e. The summed E-state index contributed by atoms with van der Waals surface area (Å²) >= 11 is 3.36. The maximum absolute atomic E-state index is 12.4. The molecule has 0 spiro atoms. The zero-order valence-corrected chi connectivity index (χ0v) is 13.4. The first-order valence-corrected chi connectivity index (χ1v) is 8.08. The van der Waals surface area contributed by atoms with Crippen LogP contribution in [-0.4, -0.2) is 27.5 Å². The van der Waals surface area contributed by atoms with Crippen molar-refractivity contribution in [3.05, 3.63) is 21.0 Å². The highest BCUT2D eigenvalue weighted by Crippen LogP contribution is 2.27. The lowest BCUT2D eigenvalue weighted by molar-refractivity contribution is 0.164. The zero-order valence-electron chi connectivity index (χ0n) is 11.8. The molecular weight excluding hydrogens is 322 g/mol. The van der Waals surface area contributed by atoms with Gasteiger partial charge in [0, 0.05) is 13.1 Å². The van der Waals surface area contributed by atoms with Crippen LogP contribution in [-0.2, 0) is 6.54 Å². The Bertz CT molecular complexity index is 500. The Hall–Kier alpha value is -0.880. The van der Waals surface area contributed by atoms with Crippen molar-refractivity contribution in [3.63, 3.8) is 0 Å².